The number of amides is 1. The van der Waals surface area contributed by atoms with Crippen LogP contribution in [0, 0.1) is 0 Å². The number of primary amides is 1. The van der Waals surface area contributed by atoms with Crippen molar-refractivity contribution < 1.29 is 19.4 Å². The van der Waals surface area contributed by atoms with Crippen LogP contribution in [0.3, 0.4) is 0 Å². The molecule has 6 nitrogen and oxygen atoms in total. The lowest BCUT2D eigenvalue weighted by Crippen LogP contribution is -2.18. The number of ether oxygens (including phenoxy) is 2. The van der Waals surface area contributed by atoms with E-state index in [1.165, 1.54) is 0 Å². The van der Waals surface area contributed by atoms with Gasteiger partial charge < -0.3 is 25.6 Å². The Morgan fingerprint density at radius 2 is 2.11 bits per heavy atom. The molecule has 0 spiro atoms. The molecule has 98 valence electrons. The zero-order valence-corrected chi connectivity index (χ0v) is 9.94. The van der Waals surface area contributed by atoms with Gasteiger partial charge in [0.15, 0.2) is 11.5 Å². The van der Waals surface area contributed by atoms with E-state index in [0.717, 1.165) is 5.56 Å². The number of nitrogens with two attached hydrogens (primary N) is 1. The smallest absolute Gasteiger partial charge is 0.231 e. The molecule has 0 fully saturated rings. The maximum atomic E-state index is 10.5. The second kappa shape index (κ2) is 5.59. The van der Waals surface area contributed by atoms with E-state index in [9.17, 15) is 9.90 Å². The van der Waals surface area contributed by atoms with Gasteiger partial charge in [-0.05, 0) is 19.0 Å². The number of phenolic OH excluding ortho intramolecular Hbond substituents is 1. The summed E-state index contributed by atoms with van der Waals surface area (Å²) in [6, 6.07) is 3.29. The fraction of sp³-hybridized carbons (Fsp3) is 0.417. The summed E-state index contributed by atoms with van der Waals surface area (Å²) < 4.78 is 10.4. The third-order valence-corrected chi connectivity index (χ3v) is 2.67. The molecule has 1 heterocycles. The summed E-state index contributed by atoms with van der Waals surface area (Å²) in [5.41, 5.74) is 5.77. The predicted molar refractivity (Wildman–Crippen MR) is 64.4 cm³/mol. The summed E-state index contributed by atoms with van der Waals surface area (Å²) in [4.78, 5) is 10.5. The Balaban J connectivity index is 1.84. The first-order valence-electron chi connectivity index (χ1n) is 5.77. The molecule has 1 aromatic rings. The van der Waals surface area contributed by atoms with Crippen LogP contribution in [0.25, 0.3) is 0 Å². The van der Waals surface area contributed by atoms with Crippen molar-refractivity contribution in [3.63, 3.8) is 0 Å². The molecular weight excluding hydrogens is 236 g/mol. The molecule has 0 aliphatic carbocycles. The van der Waals surface area contributed by atoms with Crippen molar-refractivity contribution >= 4 is 5.91 Å². The molecular formula is C12H16N2O4. The second-order valence-electron chi connectivity index (χ2n) is 4.08. The molecule has 0 bridgehead atoms. The molecule has 0 saturated heterocycles. The van der Waals surface area contributed by atoms with Gasteiger partial charge in [-0.15, -0.1) is 0 Å². The van der Waals surface area contributed by atoms with Gasteiger partial charge in [-0.2, -0.15) is 0 Å². The third kappa shape index (κ3) is 3.04. The number of carbonyl (C=O) groups excluding carboxylic acids is 1. The zero-order chi connectivity index (χ0) is 13.0. The number of fused-ring (bicyclic) bond motifs is 1. The van der Waals surface area contributed by atoms with Gasteiger partial charge in [-0.1, -0.05) is 0 Å². The second-order valence-corrected chi connectivity index (χ2v) is 4.08. The minimum absolute atomic E-state index is 0.168. The summed E-state index contributed by atoms with van der Waals surface area (Å²) in [7, 11) is 0. The van der Waals surface area contributed by atoms with Crippen molar-refractivity contribution in [1.29, 1.82) is 0 Å². The maximum Gasteiger partial charge on any atom is 0.231 e. The molecule has 1 aromatic carbocycles. The lowest BCUT2D eigenvalue weighted by molar-refractivity contribution is -0.118. The minimum atomic E-state index is -0.303. The summed E-state index contributed by atoms with van der Waals surface area (Å²) in [5.74, 6) is 1.07. The molecule has 4 N–H and O–H groups in total. The van der Waals surface area contributed by atoms with Crippen LogP contribution in [0.4, 0.5) is 0 Å². The summed E-state index contributed by atoms with van der Waals surface area (Å²) in [6.45, 7) is 1.35. The molecule has 0 aromatic heterocycles. The standard InChI is InChI=1S/C12H16N2O4/c13-12(16)2-1-3-14-6-8-4-10-11(5-9(8)15)18-7-17-10/h4-5,14-15H,1-3,6-7H2,(H2,13,16). The van der Waals surface area contributed by atoms with Crippen LogP contribution in [0.15, 0.2) is 12.1 Å². The fourth-order valence-electron chi connectivity index (χ4n) is 1.73. The van der Waals surface area contributed by atoms with Crippen LogP contribution in [0.2, 0.25) is 0 Å². The summed E-state index contributed by atoms with van der Waals surface area (Å²) >= 11 is 0. The first kappa shape index (κ1) is 12.5. The van der Waals surface area contributed by atoms with Crippen molar-refractivity contribution in [2.45, 2.75) is 19.4 Å². The number of carbonyl (C=O) groups is 1. The molecule has 1 aliphatic heterocycles. The SMILES string of the molecule is NC(=O)CCCNCc1cc2c(cc1O)OCO2. The Kier molecular flexibility index (Phi) is 3.88. The number of phenols is 1. The van der Waals surface area contributed by atoms with Gasteiger partial charge in [-0.3, -0.25) is 4.79 Å². The van der Waals surface area contributed by atoms with Gasteiger partial charge in [0.1, 0.15) is 5.75 Å². The Morgan fingerprint density at radius 3 is 2.83 bits per heavy atom. The van der Waals surface area contributed by atoms with E-state index in [1.54, 1.807) is 12.1 Å². The molecule has 0 radical (unpaired) electrons. The van der Waals surface area contributed by atoms with Crippen molar-refractivity contribution in [3.8, 4) is 17.2 Å². The van der Waals surface area contributed by atoms with E-state index < -0.39 is 0 Å². The molecule has 1 aliphatic rings. The van der Waals surface area contributed by atoms with Crippen LogP contribution >= 0.6 is 0 Å². The van der Waals surface area contributed by atoms with Gasteiger partial charge in [0, 0.05) is 24.6 Å². The molecule has 0 unspecified atom stereocenters. The molecule has 2 rings (SSSR count). The predicted octanol–water partition coefficient (Wildman–Crippen LogP) is 0.476. The van der Waals surface area contributed by atoms with E-state index in [0.29, 0.717) is 37.4 Å². The van der Waals surface area contributed by atoms with Crippen LogP contribution in [0.1, 0.15) is 18.4 Å². The topological polar surface area (TPSA) is 93.8 Å². The average Bonchev–Trinajstić information content (AvgIpc) is 2.75. The average molecular weight is 252 g/mol. The number of nitrogens with one attached hydrogen (secondary N) is 1. The fourth-order valence-corrected chi connectivity index (χ4v) is 1.73. The van der Waals surface area contributed by atoms with Gasteiger partial charge >= 0.3 is 0 Å². The molecule has 1 amide bonds. The van der Waals surface area contributed by atoms with Crippen LogP contribution < -0.4 is 20.5 Å². The highest BCUT2D eigenvalue weighted by Gasteiger charge is 2.16. The molecule has 0 saturated carbocycles. The van der Waals surface area contributed by atoms with Gasteiger partial charge in [-0.25, -0.2) is 0 Å². The first-order valence-corrected chi connectivity index (χ1v) is 5.77. The Labute approximate surface area is 105 Å². The molecule has 0 atom stereocenters. The highest BCUT2D eigenvalue weighted by Crippen LogP contribution is 2.37. The van der Waals surface area contributed by atoms with E-state index >= 15 is 0 Å². The highest BCUT2D eigenvalue weighted by atomic mass is 16.7. The normalized spacial score (nSPS) is 12.7. The van der Waals surface area contributed by atoms with Gasteiger partial charge in [0.25, 0.3) is 0 Å². The van der Waals surface area contributed by atoms with Crippen molar-refractivity contribution in [3.05, 3.63) is 17.7 Å². The number of hydrogen-bond donors (Lipinski definition) is 3. The third-order valence-electron chi connectivity index (χ3n) is 2.67. The van der Waals surface area contributed by atoms with Crippen LogP contribution in [-0.4, -0.2) is 24.4 Å². The molecule has 6 heteroatoms. The van der Waals surface area contributed by atoms with Crippen LogP contribution in [0.5, 0.6) is 17.2 Å². The Morgan fingerprint density at radius 1 is 1.39 bits per heavy atom. The number of benzene rings is 1. The van der Waals surface area contributed by atoms with E-state index in [4.69, 9.17) is 15.2 Å². The quantitative estimate of drug-likeness (QED) is 0.640. The van der Waals surface area contributed by atoms with Crippen LogP contribution in [-0.2, 0) is 11.3 Å². The first-order chi connectivity index (χ1) is 8.66. The highest BCUT2D eigenvalue weighted by molar-refractivity contribution is 5.73. The Hall–Kier alpha value is -1.95. The van der Waals surface area contributed by atoms with Crippen molar-refractivity contribution in [2.24, 2.45) is 5.73 Å². The zero-order valence-electron chi connectivity index (χ0n) is 9.94. The van der Waals surface area contributed by atoms with Gasteiger partial charge in [0.05, 0.1) is 0 Å². The van der Waals surface area contributed by atoms with Crippen molar-refractivity contribution in [1.82, 2.24) is 5.32 Å². The van der Waals surface area contributed by atoms with Crippen molar-refractivity contribution in [2.75, 3.05) is 13.3 Å². The molecule has 18 heavy (non-hydrogen) atoms. The van der Waals surface area contributed by atoms with E-state index in [2.05, 4.69) is 5.32 Å². The lowest BCUT2D eigenvalue weighted by Gasteiger charge is -2.07. The maximum absolute atomic E-state index is 10.5. The lowest BCUT2D eigenvalue weighted by atomic mass is 10.1. The minimum Gasteiger partial charge on any atom is -0.507 e. The van der Waals surface area contributed by atoms with E-state index in [-0.39, 0.29) is 18.4 Å². The van der Waals surface area contributed by atoms with E-state index in [1.807, 2.05) is 0 Å². The number of hydrogen-bond acceptors (Lipinski definition) is 5. The van der Waals surface area contributed by atoms with Gasteiger partial charge in [0.2, 0.25) is 12.7 Å². The summed E-state index contributed by atoms with van der Waals surface area (Å²) in [6.07, 6.45) is 1.04. The largest absolute Gasteiger partial charge is 0.507 e. The Bertz CT molecular complexity index is 448. The summed E-state index contributed by atoms with van der Waals surface area (Å²) in [5, 5.41) is 12.9. The number of aromatic hydroxyl groups is 1. The monoisotopic (exact) mass is 252 g/mol. The number of rotatable bonds is 6.